The van der Waals surface area contributed by atoms with Crippen LogP contribution in [-0.4, -0.2) is 43.6 Å². The predicted octanol–water partition coefficient (Wildman–Crippen LogP) is -1.76. The molecule has 7 heteroatoms. The number of nitrogens with two attached hydrogens (primary N) is 3. The topological polar surface area (TPSA) is 102 Å². The number of hydrogen-bond acceptors (Lipinski definition) is 5. The van der Waals surface area contributed by atoms with Crippen LogP contribution < -0.4 is 27.8 Å². The molecule has 86 valence electrons. The molecule has 0 radical (unpaired) electrons. The van der Waals surface area contributed by atoms with E-state index < -0.39 is 0 Å². The van der Waals surface area contributed by atoms with Gasteiger partial charge in [0.25, 0.3) is 0 Å². The second-order valence-electron chi connectivity index (χ2n) is 2.42. The average Bonchev–Trinajstić information content (AvgIpc) is 2.10. The third-order valence-electron chi connectivity index (χ3n) is 1.12. The molecule has 0 heterocycles. The molecule has 0 saturated carbocycles. The lowest BCUT2D eigenvalue weighted by Gasteiger charge is -2.03. The van der Waals surface area contributed by atoms with Crippen LogP contribution in [0.5, 0.6) is 0 Å². The lowest BCUT2D eigenvalue weighted by Crippen LogP contribution is -2.32. The highest BCUT2D eigenvalue weighted by atomic mass is 32.1. The Morgan fingerprint density at radius 3 is 1.50 bits per heavy atom. The maximum absolute atomic E-state index is 5.27. The molecular weight excluding hydrogens is 218 g/mol. The number of thiocarbonyl (C=S) groups is 1. The number of thiol groups is 1. The molecule has 0 fully saturated rings. The Morgan fingerprint density at radius 1 is 1.00 bits per heavy atom. The van der Waals surface area contributed by atoms with E-state index in [1.165, 1.54) is 0 Å². The van der Waals surface area contributed by atoms with Crippen LogP contribution in [0.2, 0.25) is 0 Å². The molecule has 0 rings (SSSR count). The van der Waals surface area contributed by atoms with Gasteiger partial charge in [0.05, 0.1) is 0 Å². The predicted molar refractivity (Wildman–Crippen MR) is 69.6 cm³/mol. The van der Waals surface area contributed by atoms with E-state index in [1.807, 2.05) is 0 Å². The smallest absolute Gasteiger partial charge is 0.128 e. The van der Waals surface area contributed by atoms with Gasteiger partial charge in [-0.1, -0.05) is 12.2 Å². The summed E-state index contributed by atoms with van der Waals surface area (Å²) >= 11 is 7.65. The quantitative estimate of drug-likeness (QED) is 0.179. The summed E-state index contributed by atoms with van der Waals surface area (Å²) in [6.07, 6.45) is 0. The van der Waals surface area contributed by atoms with Crippen LogP contribution in [0.3, 0.4) is 0 Å². The zero-order chi connectivity index (χ0) is 11.2. The van der Waals surface area contributed by atoms with Gasteiger partial charge in [0.1, 0.15) is 4.32 Å². The molecule has 0 aliphatic carbocycles. The molecule has 5 nitrogen and oxygen atoms in total. The molecule has 14 heavy (non-hydrogen) atoms. The van der Waals surface area contributed by atoms with Crippen LogP contribution in [0.4, 0.5) is 0 Å². The molecule has 8 N–H and O–H groups in total. The molecular formula is C7H21N5S2. The van der Waals surface area contributed by atoms with Crippen molar-refractivity contribution in [2.75, 3.05) is 39.3 Å². The molecule has 0 bridgehead atoms. The van der Waals surface area contributed by atoms with Crippen molar-refractivity contribution >= 4 is 29.2 Å². The minimum atomic E-state index is 0.194. The highest BCUT2D eigenvalue weighted by Crippen LogP contribution is 1.63. The summed E-state index contributed by atoms with van der Waals surface area (Å²) in [4.78, 5) is 0. The number of hydrogen-bond donors (Lipinski definition) is 6. The zero-order valence-corrected chi connectivity index (χ0v) is 10.0. The van der Waals surface area contributed by atoms with Crippen molar-refractivity contribution in [1.29, 1.82) is 0 Å². The fourth-order valence-electron chi connectivity index (χ4n) is 0.631. The number of rotatable bonds is 7. The molecule has 0 aromatic heterocycles. The first-order chi connectivity index (χ1) is 6.65. The van der Waals surface area contributed by atoms with E-state index in [2.05, 4.69) is 35.5 Å². The maximum Gasteiger partial charge on any atom is 0.128 e. The lowest BCUT2D eigenvalue weighted by atomic mass is 10.5. The van der Waals surface area contributed by atoms with Gasteiger partial charge < -0.3 is 27.8 Å². The molecule has 0 unspecified atom stereocenters. The van der Waals surface area contributed by atoms with Crippen LogP contribution in [0, 0.1) is 0 Å². The molecule has 0 aromatic rings. The van der Waals surface area contributed by atoms with E-state index in [-0.39, 0.29) is 4.32 Å². The standard InChI is InChI=1S/C6H18N4.CH3NS2/c7-1-3-9-5-6-10-4-2-8;2-1(3)4/h9-10H,1-8H2;(H3,2,3,4). The fraction of sp³-hybridized carbons (Fsp3) is 0.857. The van der Waals surface area contributed by atoms with Crippen molar-refractivity contribution < 1.29 is 0 Å². The maximum atomic E-state index is 5.27. The Balaban J connectivity index is 0. The molecule has 0 amide bonds. The van der Waals surface area contributed by atoms with Gasteiger partial charge >= 0.3 is 0 Å². The second-order valence-corrected chi connectivity index (χ2v) is 3.64. The van der Waals surface area contributed by atoms with E-state index in [0.717, 1.165) is 26.2 Å². The summed E-state index contributed by atoms with van der Waals surface area (Å²) in [5, 5.41) is 6.33. The summed E-state index contributed by atoms with van der Waals surface area (Å²) in [7, 11) is 0. The Morgan fingerprint density at radius 2 is 1.29 bits per heavy atom. The van der Waals surface area contributed by atoms with Gasteiger partial charge in [0.15, 0.2) is 0 Å². The zero-order valence-electron chi connectivity index (χ0n) is 8.33. The van der Waals surface area contributed by atoms with Crippen molar-refractivity contribution in [2.24, 2.45) is 17.2 Å². The van der Waals surface area contributed by atoms with Crippen molar-refractivity contribution in [3.8, 4) is 0 Å². The molecule has 0 spiro atoms. The average molecular weight is 239 g/mol. The van der Waals surface area contributed by atoms with E-state index in [0.29, 0.717) is 13.1 Å². The van der Waals surface area contributed by atoms with Gasteiger partial charge in [-0.2, -0.15) is 0 Å². The van der Waals surface area contributed by atoms with Crippen LogP contribution >= 0.6 is 24.8 Å². The van der Waals surface area contributed by atoms with Crippen molar-refractivity contribution in [1.82, 2.24) is 10.6 Å². The van der Waals surface area contributed by atoms with E-state index in [9.17, 15) is 0 Å². The summed E-state index contributed by atoms with van der Waals surface area (Å²) in [6.45, 7) is 5.14. The highest BCUT2D eigenvalue weighted by molar-refractivity contribution is 8.10. The Labute approximate surface area is 96.6 Å². The lowest BCUT2D eigenvalue weighted by molar-refractivity contribution is 0.618. The monoisotopic (exact) mass is 239 g/mol. The summed E-state index contributed by atoms with van der Waals surface area (Å²) in [5.41, 5.74) is 15.2. The van der Waals surface area contributed by atoms with Gasteiger partial charge in [0.2, 0.25) is 0 Å². The third-order valence-corrected chi connectivity index (χ3v) is 1.12. The van der Waals surface area contributed by atoms with Crippen LogP contribution in [0.15, 0.2) is 0 Å². The normalized spacial score (nSPS) is 9.07. The Kier molecular flexibility index (Phi) is 18.3. The van der Waals surface area contributed by atoms with Crippen LogP contribution in [0.25, 0.3) is 0 Å². The SMILES string of the molecule is NC(=S)S.NCCNCCNCCN. The van der Waals surface area contributed by atoms with Crippen LogP contribution in [0.1, 0.15) is 0 Å². The highest BCUT2D eigenvalue weighted by Gasteiger charge is 1.83. The minimum Gasteiger partial charge on any atom is -0.385 e. The van der Waals surface area contributed by atoms with Crippen molar-refractivity contribution in [3.05, 3.63) is 0 Å². The first-order valence-electron chi connectivity index (χ1n) is 4.45. The minimum absolute atomic E-state index is 0.194. The second kappa shape index (κ2) is 15.5. The first kappa shape index (κ1) is 16.5. The van der Waals surface area contributed by atoms with Gasteiger partial charge in [0, 0.05) is 39.3 Å². The van der Waals surface area contributed by atoms with E-state index in [1.54, 1.807) is 0 Å². The van der Waals surface area contributed by atoms with Gasteiger partial charge in [-0.05, 0) is 0 Å². The Hall–Kier alpha value is 0.0800. The van der Waals surface area contributed by atoms with E-state index in [4.69, 9.17) is 17.2 Å². The van der Waals surface area contributed by atoms with E-state index >= 15 is 0 Å². The summed E-state index contributed by atoms with van der Waals surface area (Å²) in [5.74, 6) is 0. The van der Waals surface area contributed by atoms with Gasteiger partial charge in [-0.15, -0.1) is 12.6 Å². The Bertz CT molecular complexity index is 111. The van der Waals surface area contributed by atoms with Crippen LogP contribution in [-0.2, 0) is 0 Å². The molecule has 0 aliphatic rings. The molecule has 0 atom stereocenters. The number of nitrogens with one attached hydrogen (secondary N) is 2. The largest absolute Gasteiger partial charge is 0.385 e. The third kappa shape index (κ3) is 29.6. The van der Waals surface area contributed by atoms with Gasteiger partial charge in [-0.25, -0.2) is 0 Å². The summed E-state index contributed by atoms with van der Waals surface area (Å²) < 4.78 is 0.194. The van der Waals surface area contributed by atoms with Crippen molar-refractivity contribution in [2.45, 2.75) is 0 Å². The molecule has 0 aliphatic heterocycles. The van der Waals surface area contributed by atoms with Gasteiger partial charge in [-0.3, -0.25) is 0 Å². The summed E-state index contributed by atoms with van der Waals surface area (Å²) in [6, 6.07) is 0. The first-order valence-corrected chi connectivity index (χ1v) is 5.30. The van der Waals surface area contributed by atoms with Crippen molar-refractivity contribution in [3.63, 3.8) is 0 Å². The fourth-order valence-corrected chi connectivity index (χ4v) is 0.631. The molecule has 0 saturated heterocycles. The molecule has 0 aromatic carbocycles.